The third kappa shape index (κ3) is 8.55. The monoisotopic (exact) mass is 528 g/mol. The summed E-state index contributed by atoms with van der Waals surface area (Å²) in [4.78, 5) is 39.7. The minimum atomic E-state index is -0.922. The van der Waals surface area contributed by atoms with Gasteiger partial charge in [-0.1, -0.05) is 58.9 Å². The molecule has 0 saturated heterocycles. The molecule has 0 aliphatic heterocycles. The molecular weight excluding hydrogens is 487 g/mol. The van der Waals surface area contributed by atoms with Crippen molar-refractivity contribution in [2.24, 2.45) is 17.4 Å². The van der Waals surface area contributed by atoms with Crippen molar-refractivity contribution in [2.45, 2.75) is 77.4 Å². The van der Waals surface area contributed by atoms with Crippen LogP contribution in [0.2, 0.25) is 0 Å². The lowest BCUT2D eigenvalue weighted by Crippen LogP contribution is -2.56. The van der Waals surface area contributed by atoms with Crippen molar-refractivity contribution in [2.75, 3.05) is 7.05 Å². The minimum Gasteiger partial charge on any atom is -0.508 e. The van der Waals surface area contributed by atoms with Crippen molar-refractivity contribution < 1.29 is 23.9 Å². The van der Waals surface area contributed by atoms with Crippen LogP contribution in [0.1, 0.15) is 57.7 Å². The van der Waals surface area contributed by atoms with Gasteiger partial charge >= 0.3 is 0 Å². The van der Waals surface area contributed by atoms with Gasteiger partial charge in [-0.25, -0.2) is 4.39 Å². The van der Waals surface area contributed by atoms with Crippen molar-refractivity contribution in [3.63, 3.8) is 0 Å². The molecule has 2 aromatic rings. The van der Waals surface area contributed by atoms with Gasteiger partial charge in [-0.15, -0.1) is 0 Å². The highest BCUT2D eigenvalue weighted by Crippen LogP contribution is 2.31. The SMILES string of the molecule is CC(C)[C@@H](C(=O)N[C@H](CC(N)=O)Cc1ccc(O)c(C(C)(C)C)c1)N(C)C(=O)[C@@H](N)Cc1ccc(F)cc1. The maximum absolute atomic E-state index is 13.4. The molecular formula is C29H41FN4O4. The smallest absolute Gasteiger partial charge is 0.243 e. The summed E-state index contributed by atoms with van der Waals surface area (Å²) in [6.07, 6.45) is 0.409. The molecule has 38 heavy (non-hydrogen) atoms. The molecule has 2 rings (SSSR count). The number of nitrogens with two attached hydrogens (primary N) is 2. The Morgan fingerprint density at radius 1 is 1.03 bits per heavy atom. The number of hydrogen-bond donors (Lipinski definition) is 4. The number of benzene rings is 2. The van der Waals surface area contributed by atoms with Gasteiger partial charge < -0.3 is 26.8 Å². The Hall–Kier alpha value is -3.46. The molecule has 0 spiro atoms. The van der Waals surface area contributed by atoms with Crippen LogP contribution in [0.3, 0.4) is 0 Å². The summed E-state index contributed by atoms with van der Waals surface area (Å²) >= 11 is 0. The molecule has 0 aromatic heterocycles. The molecule has 0 radical (unpaired) electrons. The van der Waals surface area contributed by atoms with Gasteiger partial charge in [-0.3, -0.25) is 14.4 Å². The zero-order valence-electron chi connectivity index (χ0n) is 23.1. The molecule has 6 N–H and O–H groups in total. The molecule has 0 aliphatic carbocycles. The normalized spacial score (nSPS) is 14.0. The molecule has 0 bridgehead atoms. The zero-order chi connectivity index (χ0) is 28.8. The number of likely N-dealkylation sites (N-methyl/N-ethyl adjacent to an activating group) is 1. The van der Waals surface area contributed by atoms with E-state index in [1.54, 1.807) is 24.3 Å². The van der Waals surface area contributed by atoms with Crippen LogP contribution >= 0.6 is 0 Å². The lowest BCUT2D eigenvalue weighted by Gasteiger charge is -2.33. The lowest BCUT2D eigenvalue weighted by molar-refractivity contribution is -0.141. The molecule has 208 valence electrons. The van der Waals surface area contributed by atoms with E-state index in [4.69, 9.17) is 11.5 Å². The first-order chi connectivity index (χ1) is 17.6. The number of nitrogens with one attached hydrogen (secondary N) is 1. The fraction of sp³-hybridized carbons (Fsp3) is 0.483. The molecule has 0 unspecified atom stereocenters. The largest absolute Gasteiger partial charge is 0.508 e. The highest BCUT2D eigenvalue weighted by Gasteiger charge is 2.33. The Kier molecular flexibility index (Phi) is 10.4. The van der Waals surface area contributed by atoms with Crippen molar-refractivity contribution >= 4 is 17.7 Å². The average Bonchev–Trinajstić information content (AvgIpc) is 2.79. The van der Waals surface area contributed by atoms with E-state index in [-0.39, 0.29) is 35.7 Å². The maximum Gasteiger partial charge on any atom is 0.243 e. The summed E-state index contributed by atoms with van der Waals surface area (Å²) in [6.45, 7) is 9.58. The molecule has 0 aliphatic rings. The topological polar surface area (TPSA) is 139 Å². The first kappa shape index (κ1) is 30.8. The van der Waals surface area contributed by atoms with E-state index < -0.39 is 35.8 Å². The Morgan fingerprint density at radius 3 is 2.13 bits per heavy atom. The van der Waals surface area contributed by atoms with Crippen LogP contribution in [0, 0.1) is 11.7 Å². The maximum atomic E-state index is 13.4. The summed E-state index contributed by atoms with van der Waals surface area (Å²) in [5.41, 5.74) is 13.6. The summed E-state index contributed by atoms with van der Waals surface area (Å²) in [5.74, 6) is -1.88. The third-order valence-electron chi connectivity index (χ3n) is 6.50. The highest BCUT2D eigenvalue weighted by atomic mass is 19.1. The fourth-order valence-electron chi connectivity index (χ4n) is 4.59. The molecule has 9 heteroatoms. The molecule has 0 saturated carbocycles. The van der Waals surface area contributed by atoms with Crippen LogP contribution in [-0.4, -0.2) is 52.9 Å². The Morgan fingerprint density at radius 2 is 1.61 bits per heavy atom. The van der Waals surface area contributed by atoms with Crippen molar-refractivity contribution in [3.8, 4) is 5.75 Å². The lowest BCUT2D eigenvalue weighted by atomic mass is 9.84. The predicted molar refractivity (Wildman–Crippen MR) is 146 cm³/mol. The van der Waals surface area contributed by atoms with E-state index in [0.717, 1.165) is 11.1 Å². The van der Waals surface area contributed by atoms with Crippen LogP contribution in [0.4, 0.5) is 4.39 Å². The van der Waals surface area contributed by atoms with Gasteiger partial charge in [0, 0.05) is 19.5 Å². The van der Waals surface area contributed by atoms with Crippen molar-refractivity contribution in [3.05, 3.63) is 65.0 Å². The number of rotatable bonds is 11. The van der Waals surface area contributed by atoms with Gasteiger partial charge in [-0.2, -0.15) is 0 Å². The second-order valence-electron chi connectivity index (χ2n) is 11.3. The molecule has 3 atom stereocenters. The number of primary amides is 1. The number of phenolic OH excluding ortho intramolecular Hbond substituents is 1. The number of nitrogens with zero attached hydrogens (tertiary/aromatic N) is 1. The number of carbonyl (C=O) groups excluding carboxylic acids is 3. The first-order valence-corrected chi connectivity index (χ1v) is 12.8. The van der Waals surface area contributed by atoms with E-state index in [2.05, 4.69) is 5.32 Å². The summed E-state index contributed by atoms with van der Waals surface area (Å²) < 4.78 is 13.2. The predicted octanol–water partition coefficient (Wildman–Crippen LogP) is 2.78. The number of phenols is 1. The van der Waals surface area contributed by atoms with Gasteiger partial charge in [0.05, 0.1) is 6.04 Å². The third-order valence-corrected chi connectivity index (χ3v) is 6.50. The van der Waals surface area contributed by atoms with E-state index in [1.165, 1.54) is 24.1 Å². The van der Waals surface area contributed by atoms with E-state index >= 15 is 0 Å². The zero-order valence-corrected chi connectivity index (χ0v) is 23.1. The minimum absolute atomic E-state index is 0.0932. The van der Waals surface area contributed by atoms with Crippen LogP contribution in [0.5, 0.6) is 5.75 Å². The molecule has 8 nitrogen and oxygen atoms in total. The summed E-state index contributed by atoms with van der Waals surface area (Å²) in [7, 11) is 1.52. The highest BCUT2D eigenvalue weighted by molar-refractivity contribution is 5.90. The van der Waals surface area contributed by atoms with Crippen LogP contribution in [-0.2, 0) is 32.6 Å². The number of halogens is 1. The number of hydrogen-bond acceptors (Lipinski definition) is 5. The summed E-state index contributed by atoms with van der Waals surface area (Å²) in [5, 5.41) is 13.2. The molecule has 0 heterocycles. The van der Waals surface area contributed by atoms with Crippen LogP contribution in [0.25, 0.3) is 0 Å². The Bertz CT molecular complexity index is 1130. The number of aromatic hydroxyl groups is 1. The van der Waals surface area contributed by atoms with E-state index in [9.17, 15) is 23.9 Å². The molecule has 2 aromatic carbocycles. The molecule has 3 amide bonds. The van der Waals surface area contributed by atoms with E-state index in [0.29, 0.717) is 12.0 Å². The van der Waals surface area contributed by atoms with Gasteiger partial charge in [0.1, 0.15) is 17.6 Å². The number of amides is 3. The Balaban J connectivity index is 2.20. The quantitative estimate of drug-likeness (QED) is 0.355. The van der Waals surface area contributed by atoms with Gasteiger partial charge in [0.15, 0.2) is 0 Å². The second kappa shape index (κ2) is 12.9. The second-order valence-corrected chi connectivity index (χ2v) is 11.3. The molecule has 0 fully saturated rings. The van der Waals surface area contributed by atoms with Crippen molar-refractivity contribution in [1.82, 2.24) is 10.2 Å². The van der Waals surface area contributed by atoms with Crippen molar-refractivity contribution in [1.29, 1.82) is 0 Å². The fourth-order valence-corrected chi connectivity index (χ4v) is 4.59. The van der Waals surface area contributed by atoms with E-state index in [1.807, 2.05) is 40.7 Å². The first-order valence-electron chi connectivity index (χ1n) is 12.8. The van der Waals surface area contributed by atoms with Gasteiger partial charge in [-0.05, 0) is 59.1 Å². The average molecular weight is 529 g/mol. The van der Waals surface area contributed by atoms with Crippen LogP contribution < -0.4 is 16.8 Å². The van der Waals surface area contributed by atoms with Gasteiger partial charge in [0.25, 0.3) is 0 Å². The van der Waals surface area contributed by atoms with Gasteiger partial charge in [0.2, 0.25) is 17.7 Å². The number of carbonyl (C=O) groups is 3. The standard InChI is InChI=1S/C29H41FN4O4/c1-17(2)26(34(6)28(38)23(31)15-18-7-10-20(30)11-8-18)27(37)33-21(16-25(32)36)13-19-9-12-24(35)22(14-19)29(3,4)5/h7-12,14,17,21,23,26,35H,13,15-16,31H2,1-6H3,(H2,32,36)(H,33,37)/t21-,23-,26-/m0/s1. The Labute approximate surface area is 224 Å². The van der Waals surface area contributed by atoms with Crippen LogP contribution in [0.15, 0.2) is 42.5 Å². The summed E-state index contributed by atoms with van der Waals surface area (Å²) in [6, 6.07) is 8.57.